The number of nitrogens with zero attached hydrogens (tertiary/aromatic N) is 1. The van der Waals surface area contributed by atoms with Gasteiger partial charge < -0.3 is 5.32 Å². The number of benzene rings is 1. The average molecular weight is 386 g/mol. The van der Waals surface area contributed by atoms with Crippen LogP contribution >= 0.6 is 33.9 Å². The molecule has 1 atom stereocenters. The number of halogens is 1. The van der Waals surface area contributed by atoms with Crippen molar-refractivity contribution in [1.82, 2.24) is 10.3 Å². The second-order valence-corrected chi connectivity index (χ2v) is 6.81. The van der Waals surface area contributed by atoms with Gasteiger partial charge in [-0.05, 0) is 54.1 Å². The summed E-state index contributed by atoms with van der Waals surface area (Å²) in [6, 6.07) is 8.95. The lowest BCUT2D eigenvalue weighted by Crippen LogP contribution is -2.25. The Labute approximate surface area is 132 Å². The first-order valence-electron chi connectivity index (χ1n) is 6.59. The van der Waals surface area contributed by atoms with Crippen LogP contribution in [0.15, 0.2) is 29.6 Å². The SMILES string of the molecule is CCCNC(Cc1csc(C)n1)c1ccccc1I. The summed E-state index contributed by atoms with van der Waals surface area (Å²) < 4.78 is 1.32. The third-order valence-corrected chi connectivity index (χ3v) is 4.81. The van der Waals surface area contributed by atoms with Gasteiger partial charge >= 0.3 is 0 Å². The molecule has 0 saturated carbocycles. The van der Waals surface area contributed by atoms with Crippen molar-refractivity contribution < 1.29 is 0 Å². The number of hydrogen-bond acceptors (Lipinski definition) is 3. The summed E-state index contributed by atoms with van der Waals surface area (Å²) in [6.45, 7) is 5.31. The molecular weight excluding hydrogens is 367 g/mol. The fourth-order valence-corrected chi connectivity index (χ4v) is 3.47. The van der Waals surface area contributed by atoms with Crippen molar-refractivity contribution >= 4 is 33.9 Å². The second kappa shape index (κ2) is 7.36. The summed E-state index contributed by atoms with van der Waals surface area (Å²) >= 11 is 4.15. The number of aromatic nitrogens is 1. The minimum Gasteiger partial charge on any atom is -0.310 e. The smallest absolute Gasteiger partial charge is 0.0897 e. The first-order valence-corrected chi connectivity index (χ1v) is 8.55. The first kappa shape index (κ1) is 14.9. The van der Waals surface area contributed by atoms with Crippen molar-refractivity contribution in [3.8, 4) is 0 Å². The Morgan fingerprint density at radius 1 is 1.37 bits per heavy atom. The molecule has 0 saturated heterocycles. The minimum atomic E-state index is 0.356. The Kier molecular flexibility index (Phi) is 5.78. The van der Waals surface area contributed by atoms with Crippen molar-refractivity contribution in [1.29, 1.82) is 0 Å². The van der Waals surface area contributed by atoms with Crippen LogP contribution in [0.4, 0.5) is 0 Å². The topological polar surface area (TPSA) is 24.9 Å². The number of nitrogens with one attached hydrogen (secondary N) is 1. The van der Waals surface area contributed by atoms with Gasteiger partial charge in [-0.3, -0.25) is 0 Å². The van der Waals surface area contributed by atoms with E-state index in [2.05, 4.69) is 76.4 Å². The number of rotatable bonds is 6. The number of thiazole rings is 1. The normalized spacial score (nSPS) is 12.6. The molecule has 4 heteroatoms. The van der Waals surface area contributed by atoms with Crippen LogP contribution < -0.4 is 5.32 Å². The van der Waals surface area contributed by atoms with Crippen molar-refractivity contribution in [3.05, 3.63) is 49.5 Å². The average Bonchev–Trinajstić information content (AvgIpc) is 2.81. The van der Waals surface area contributed by atoms with E-state index in [1.165, 1.54) is 14.8 Å². The molecule has 0 aliphatic carbocycles. The molecular formula is C15H19IN2S. The van der Waals surface area contributed by atoms with Gasteiger partial charge in [0.15, 0.2) is 0 Å². The van der Waals surface area contributed by atoms with Crippen LogP contribution in [0.2, 0.25) is 0 Å². The highest BCUT2D eigenvalue weighted by Gasteiger charge is 2.15. The Morgan fingerprint density at radius 2 is 2.16 bits per heavy atom. The summed E-state index contributed by atoms with van der Waals surface area (Å²) in [4.78, 5) is 4.59. The molecule has 1 aromatic heterocycles. The third-order valence-electron chi connectivity index (χ3n) is 3.00. The van der Waals surface area contributed by atoms with E-state index in [0.717, 1.165) is 24.4 Å². The maximum atomic E-state index is 4.59. The molecule has 19 heavy (non-hydrogen) atoms. The van der Waals surface area contributed by atoms with Gasteiger partial charge in [0.2, 0.25) is 0 Å². The molecule has 1 N–H and O–H groups in total. The Morgan fingerprint density at radius 3 is 2.79 bits per heavy atom. The zero-order valence-corrected chi connectivity index (χ0v) is 14.3. The Bertz CT molecular complexity index is 524. The highest BCUT2D eigenvalue weighted by molar-refractivity contribution is 14.1. The second-order valence-electron chi connectivity index (χ2n) is 4.59. The third kappa shape index (κ3) is 4.26. The van der Waals surface area contributed by atoms with Crippen LogP contribution in [0.3, 0.4) is 0 Å². The van der Waals surface area contributed by atoms with Gasteiger partial charge in [-0.2, -0.15) is 0 Å². The van der Waals surface area contributed by atoms with Crippen LogP contribution in [0.1, 0.15) is 35.7 Å². The molecule has 0 spiro atoms. The van der Waals surface area contributed by atoms with E-state index in [1.807, 2.05) is 0 Å². The van der Waals surface area contributed by atoms with E-state index < -0.39 is 0 Å². The van der Waals surface area contributed by atoms with Gasteiger partial charge in [0.1, 0.15) is 0 Å². The molecule has 0 fully saturated rings. The molecule has 0 bridgehead atoms. The quantitative estimate of drug-likeness (QED) is 0.748. The van der Waals surface area contributed by atoms with Crippen LogP contribution in [-0.2, 0) is 6.42 Å². The molecule has 2 nitrogen and oxygen atoms in total. The predicted octanol–water partition coefficient (Wildman–Crippen LogP) is 4.34. The molecule has 0 aliphatic heterocycles. The zero-order chi connectivity index (χ0) is 13.7. The zero-order valence-electron chi connectivity index (χ0n) is 11.3. The summed E-state index contributed by atoms with van der Waals surface area (Å²) in [7, 11) is 0. The van der Waals surface area contributed by atoms with E-state index >= 15 is 0 Å². The summed E-state index contributed by atoms with van der Waals surface area (Å²) in [5.41, 5.74) is 2.57. The van der Waals surface area contributed by atoms with E-state index in [9.17, 15) is 0 Å². The van der Waals surface area contributed by atoms with Crippen LogP contribution in [0, 0.1) is 10.5 Å². The summed E-state index contributed by atoms with van der Waals surface area (Å²) in [5.74, 6) is 0. The maximum Gasteiger partial charge on any atom is 0.0897 e. The van der Waals surface area contributed by atoms with E-state index in [-0.39, 0.29) is 0 Å². The van der Waals surface area contributed by atoms with Gasteiger partial charge in [-0.15, -0.1) is 11.3 Å². The number of hydrogen-bond donors (Lipinski definition) is 1. The van der Waals surface area contributed by atoms with Gasteiger partial charge in [-0.25, -0.2) is 4.98 Å². The fourth-order valence-electron chi connectivity index (χ4n) is 2.08. The Balaban J connectivity index is 2.18. The monoisotopic (exact) mass is 386 g/mol. The van der Waals surface area contributed by atoms with Gasteiger partial charge in [-0.1, -0.05) is 25.1 Å². The lowest BCUT2D eigenvalue weighted by molar-refractivity contribution is 0.523. The molecule has 2 aromatic rings. The van der Waals surface area contributed by atoms with Crippen molar-refractivity contribution in [2.24, 2.45) is 0 Å². The molecule has 2 rings (SSSR count). The van der Waals surface area contributed by atoms with Crippen LogP contribution in [0.5, 0.6) is 0 Å². The maximum absolute atomic E-state index is 4.59. The van der Waals surface area contributed by atoms with Crippen LogP contribution in [0.25, 0.3) is 0 Å². The number of aryl methyl sites for hydroxylation is 1. The first-order chi connectivity index (χ1) is 9.20. The Hall–Kier alpha value is -0.460. The fraction of sp³-hybridized carbons (Fsp3) is 0.400. The van der Waals surface area contributed by atoms with Crippen molar-refractivity contribution in [2.75, 3.05) is 6.54 Å². The van der Waals surface area contributed by atoms with Gasteiger partial charge in [0, 0.05) is 21.4 Å². The highest BCUT2D eigenvalue weighted by Crippen LogP contribution is 2.24. The van der Waals surface area contributed by atoms with Gasteiger partial charge in [0.25, 0.3) is 0 Å². The molecule has 0 aliphatic rings. The van der Waals surface area contributed by atoms with Gasteiger partial charge in [0.05, 0.1) is 10.7 Å². The van der Waals surface area contributed by atoms with Crippen molar-refractivity contribution in [3.63, 3.8) is 0 Å². The molecule has 0 amide bonds. The largest absolute Gasteiger partial charge is 0.310 e. The predicted molar refractivity (Wildman–Crippen MR) is 90.7 cm³/mol. The lowest BCUT2D eigenvalue weighted by Gasteiger charge is -2.19. The minimum absolute atomic E-state index is 0.356. The highest BCUT2D eigenvalue weighted by atomic mass is 127. The van der Waals surface area contributed by atoms with Crippen molar-refractivity contribution in [2.45, 2.75) is 32.7 Å². The van der Waals surface area contributed by atoms with E-state index in [4.69, 9.17) is 0 Å². The molecule has 0 radical (unpaired) electrons. The summed E-state index contributed by atoms with van der Waals surface area (Å²) in [6.07, 6.45) is 2.11. The summed E-state index contributed by atoms with van der Waals surface area (Å²) in [5, 5.41) is 6.96. The van der Waals surface area contributed by atoms with Crippen LogP contribution in [-0.4, -0.2) is 11.5 Å². The van der Waals surface area contributed by atoms with E-state index in [0.29, 0.717) is 6.04 Å². The molecule has 102 valence electrons. The standard InChI is InChI=1S/C15H19IN2S/c1-3-8-17-15(9-12-10-19-11(2)18-12)13-6-4-5-7-14(13)16/h4-7,10,15,17H,3,8-9H2,1-2H3. The van der Waals surface area contributed by atoms with E-state index in [1.54, 1.807) is 11.3 Å². The molecule has 1 heterocycles. The lowest BCUT2D eigenvalue weighted by atomic mass is 10.0. The molecule has 1 unspecified atom stereocenters. The molecule has 1 aromatic carbocycles.